The van der Waals surface area contributed by atoms with Crippen molar-refractivity contribution in [1.29, 1.82) is 0 Å². The number of rotatable bonds is 7. The van der Waals surface area contributed by atoms with Crippen molar-refractivity contribution in [2.45, 2.75) is 4.90 Å². The van der Waals surface area contributed by atoms with E-state index in [1.807, 2.05) is 0 Å². The minimum Gasteiger partial charge on any atom is -0.507 e. The fraction of sp³-hybridized carbons (Fsp3) is 0. The second-order valence-corrected chi connectivity index (χ2v) is 7.52. The molecule has 0 aliphatic carbocycles. The van der Waals surface area contributed by atoms with Gasteiger partial charge in [-0.25, -0.2) is 8.42 Å². The number of phenols is 1. The number of hydrazone groups is 1. The number of nitrogens with zero attached hydrogens (tertiary/aromatic N) is 2. The van der Waals surface area contributed by atoms with Crippen molar-refractivity contribution in [3.05, 3.63) is 88.5 Å². The van der Waals surface area contributed by atoms with Crippen LogP contribution in [0.25, 0.3) is 0 Å². The van der Waals surface area contributed by atoms with E-state index in [9.17, 15) is 23.6 Å². The van der Waals surface area contributed by atoms with E-state index in [2.05, 4.69) is 15.2 Å². The number of hydrogen-bond acceptors (Lipinski definition) is 7. The Bertz CT molecular complexity index is 1160. The van der Waals surface area contributed by atoms with Crippen molar-refractivity contribution in [3.8, 4) is 5.75 Å². The standard InChI is InChI=1S/C19H16N4O5S/c24-19-9-5-4-6-14(19)13-20-21-17-11-10-16(12-18(17)23(25)26)29(27,28)22-15-7-2-1-3-8-15/h1-13,21-22,24H. The van der Waals surface area contributed by atoms with Gasteiger partial charge in [0, 0.05) is 17.3 Å². The molecule has 0 aliphatic heterocycles. The van der Waals surface area contributed by atoms with E-state index in [0.717, 1.165) is 6.07 Å². The minimum absolute atomic E-state index is 0.000307. The van der Waals surface area contributed by atoms with Crippen LogP contribution in [0.4, 0.5) is 17.1 Å². The van der Waals surface area contributed by atoms with Crippen LogP contribution in [0.3, 0.4) is 0 Å². The summed E-state index contributed by atoms with van der Waals surface area (Å²) in [6, 6.07) is 18.0. The topological polar surface area (TPSA) is 134 Å². The lowest BCUT2D eigenvalue weighted by Crippen LogP contribution is -2.13. The van der Waals surface area contributed by atoms with Gasteiger partial charge >= 0.3 is 0 Å². The molecule has 3 rings (SSSR count). The van der Waals surface area contributed by atoms with E-state index >= 15 is 0 Å². The zero-order valence-corrected chi connectivity index (χ0v) is 15.7. The fourth-order valence-corrected chi connectivity index (χ4v) is 3.49. The van der Waals surface area contributed by atoms with Gasteiger partial charge in [0.05, 0.1) is 16.0 Å². The Kier molecular flexibility index (Phi) is 5.74. The Morgan fingerprint density at radius 1 is 1.00 bits per heavy atom. The molecule has 10 heteroatoms. The smallest absolute Gasteiger partial charge is 0.295 e. The summed E-state index contributed by atoms with van der Waals surface area (Å²) in [5.41, 5.74) is 2.79. The van der Waals surface area contributed by atoms with E-state index < -0.39 is 20.6 Å². The van der Waals surface area contributed by atoms with Gasteiger partial charge in [0.2, 0.25) is 0 Å². The highest BCUT2D eigenvalue weighted by Gasteiger charge is 2.21. The van der Waals surface area contributed by atoms with Crippen LogP contribution in [0.1, 0.15) is 5.56 Å². The van der Waals surface area contributed by atoms with Crippen LogP contribution in [0.2, 0.25) is 0 Å². The molecule has 0 saturated carbocycles. The molecule has 0 amide bonds. The molecule has 3 aromatic carbocycles. The Morgan fingerprint density at radius 3 is 2.38 bits per heavy atom. The molecule has 0 bridgehead atoms. The van der Waals surface area contributed by atoms with Gasteiger partial charge in [0.15, 0.2) is 0 Å². The highest BCUT2D eigenvalue weighted by atomic mass is 32.2. The van der Waals surface area contributed by atoms with Crippen molar-refractivity contribution >= 4 is 33.3 Å². The summed E-state index contributed by atoms with van der Waals surface area (Å²) in [7, 11) is -4.01. The number of nitro groups is 1. The zero-order valence-electron chi connectivity index (χ0n) is 14.9. The van der Waals surface area contributed by atoms with E-state index in [1.165, 1.54) is 24.4 Å². The van der Waals surface area contributed by atoms with Crippen molar-refractivity contribution in [2.75, 3.05) is 10.1 Å². The van der Waals surface area contributed by atoms with Gasteiger partial charge in [0.1, 0.15) is 11.4 Å². The van der Waals surface area contributed by atoms with Crippen LogP contribution in [0, 0.1) is 10.1 Å². The van der Waals surface area contributed by atoms with Gasteiger partial charge < -0.3 is 5.11 Å². The number of anilines is 2. The molecular formula is C19H16N4O5S. The number of nitrogens with one attached hydrogen (secondary N) is 2. The summed E-state index contributed by atoms with van der Waals surface area (Å²) in [4.78, 5) is 10.4. The molecular weight excluding hydrogens is 396 g/mol. The molecule has 0 atom stereocenters. The monoisotopic (exact) mass is 412 g/mol. The van der Waals surface area contributed by atoms with Crippen LogP contribution in [-0.4, -0.2) is 24.7 Å². The van der Waals surface area contributed by atoms with Crippen molar-refractivity contribution in [3.63, 3.8) is 0 Å². The Morgan fingerprint density at radius 2 is 1.69 bits per heavy atom. The number of nitro benzene ring substituents is 1. The molecule has 9 nitrogen and oxygen atoms in total. The predicted octanol–water partition coefficient (Wildman–Crippen LogP) is 3.55. The maximum atomic E-state index is 12.5. The summed E-state index contributed by atoms with van der Waals surface area (Å²) in [6.45, 7) is 0. The van der Waals surface area contributed by atoms with Crippen molar-refractivity contribution < 1.29 is 18.4 Å². The Labute approximate surface area is 166 Å². The van der Waals surface area contributed by atoms with Crippen LogP contribution in [-0.2, 0) is 10.0 Å². The molecule has 0 aromatic heterocycles. The minimum atomic E-state index is -4.01. The molecule has 0 radical (unpaired) electrons. The number of aromatic hydroxyl groups is 1. The first kappa shape index (κ1) is 19.8. The largest absolute Gasteiger partial charge is 0.507 e. The highest BCUT2D eigenvalue weighted by Crippen LogP contribution is 2.28. The number of phenolic OH excluding ortho intramolecular Hbond substituents is 1. The molecule has 29 heavy (non-hydrogen) atoms. The molecule has 0 spiro atoms. The third-order valence-corrected chi connectivity index (χ3v) is 5.21. The van der Waals surface area contributed by atoms with E-state index in [4.69, 9.17) is 0 Å². The quantitative estimate of drug-likeness (QED) is 0.309. The van der Waals surface area contributed by atoms with Crippen LogP contribution in [0.5, 0.6) is 5.75 Å². The third kappa shape index (κ3) is 4.87. The molecule has 0 fully saturated rings. The van der Waals surface area contributed by atoms with E-state index in [-0.39, 0.29) is 16.3 Å². The molecule has 148 valence electrons. The average Bonchev–Trinajstić information content (AvgIpc) is 2.70. The van der Waals surface area contributed by atoms with E-state index in [0.29, 0.717) is 11.3 Å². The first-order chi connectivity index (χ1) is 13.9. The van der Waals surface area contributed by atoms with Crippen molar-refractivity contribution in [2.24, 2.45) is 5.10 Å². The number of benzene rings is 3. The van der Waals surface area contributed by atoms with Gasteiger partial charge in [-0.2, -0.15) is 5.10 Å². The summed E-state index contributed by atoms with van der Waals surface area (Å²) < 4.78 is 27.4. The molecule has 0 aliphatic rings. The lowest BCUT2D eigenvalue weighted by atomic mass is 10.2. The number of sulfonamides is 1. The van der Waals surface area contributed by atoms with Gasteiger partial charge in [0.25, 0.3) is 15.7 Å². The molecule has 0 heterocycles. The second-order valence-electron chi connectivity index (χ2n) is 5.84. The Hall–Kier alpha value is -3.92. The maximum Gasteiger partial charge on any atom is 0.295 e. The van der Waals surface area contributed by atoms with Crippen LogP contribution >= 0.6 is 0 Å². The first-order valence-electron chi connectivity index (χ1n) is 8.30. The summed E-state index contributed by atoms with van der Waals surface area (Å²) in [5, 5.41) is 25.0. The lowest BCUT2D eigenvalue weighted by Gasteiger charge is -2.09. The van der Waals surface area contributed by atoms with Crippen LogP contribution < -0.4 is 10.1 Å². The molecule has 0 saturated heterocycles. The maximum absolute atomic E-state index is 12.5. The average molecular weight is 412 g/mol. The zero-order chi connectivity index (χ0) is 20.9. The van der Waals surface area contributed by atoms with Gasteiger partial charge in [-0.1, -0.05) is 30.3 Å². The molecule has 3 N–H and O–H groups in total. The lowest BCUT2D eigenvalue weighted by molar-refractivity contribution is -0.384. The summed E-state index contributed by atoms with van der Waals surface area (Å²) in [6.07, 6.45) is 1.29. The van der Waals surface area contributed by atoms with Crippen molar-refractivity contribution in [1.82, 2.24) is 0 Å². The summed E-state index contributed by atoms with van der Waals surface area (Å²) in [5.74, 6) is 0.000905. The molecule has 0 unspecified atom stereocenters. The third-order valence-electron chi connectivity index (χ3n) is 3.83. The van der Waals surface area contributed by atoms with Gasteiger partial charge in [-0.3, -0.25) is 20.3 Å². The molecule has 3 aromatic rings. The summed E-state index contributed by atoms with van der Waals surface area (Å²) >= 11 is 0. The Balaban J connectivity index is 1.85. The number of hydrogen-bond donors (Lipinski definition) is 3. The van der Waals surface area contributed by atoms with E-state index in [1.54, 1.807) is 48.5 Å². The SMILES string of the molecule is O=[N+]([O-])c1cc(S(=O)(=O)Nc2ccccc2)ccc1NN=Cc1ccccc1O. The van der Waals surface area contributed by atoms with Gasteiger partial charge in [-0.05, 0) is 36.4 Å². The normalized spacial score (nSPS) is 11.3. The highest BCUT2D eigenvalue weighted by molar-refractivity contribution is 7.92. The van der Waals surface area contributed by atoms with Crippen LogP contribution in [0.15, 0.2) is 82.8 Å². The first-order valence-corrected chi connectivity index (χ1v) is 9.78. The predicted molar refractivity (Wildman–Crippen MR) is 110 cm³/mol. The fourth-order valence-electron chi connectivity index (χ4n) is 2.41. The second kappa shape index (κ2) is 8.40. The number of para-hydroxylation sites is 2. The van der Waals surface area contributed by atoms with Gasteiger partial charge in [-0.15, -0.1) is 0 Å².